The first kappa shape index (κ1) is 18.5. The number of amides is 2. The van der Waals surface area contributed by atoms with Gasteiger partial charge < -0.3 is 20.7 Å². The van der Waals surface area contributed by atoms with Crippen LogP contribution in [0.4, 0.5) is 10.6 Å². The number of alkyl carbamates (subject to hydrolysis) is 1. The third kappa shape index (κ3) is 5.95. The molecule has 2 amide bonds. The lowest BCUT2D eigenvalue weighted by molar-refractivity contribution is -0.122. The summed E-state index contributed by atoms with van der Waals surface area (Å²) >= 11 is 0. The first-order valence-electron chi connectivity index (χ1n) is 8.14. The first-order chi connectivity index (χ1) is 11.8. The smallest absolute Gasteiger partial charge is 0.407 e. The number of carbonyl (C=O) groups is 2. The summed E-state index contributed by atoms with van der Waals surface area (Å²) in [6.07, 6.45) is 1.57. The molecule has 0 aliphatic carbocycles. The van der Waals surface area contributed by atoms with E-state index in [-0.39, 0.29) is 24.4 Å². The fourth-order valence-electron chi connectivity index (χ4n) is 2.45. The van der Waals surface area contributed by atoms with Gasteiger partial charge in [0.1, 0.15) is 17.5 Å². The standard InChI is InChI=1S/C17H23N5O3/c1-17(2,3)25-16(24)21-9-12-6-13(22-15(12)23)10-20-14-5-4-11(7-18)8-19-14/h4-5,8,12-13H,6,9-10H2,1-3H3,(H,19,20)(H,21,24)(H,22,23)/t12-,13+/m1/s1. The number of hydrogen-bond donors (Lipinski definition) is 3. The van der Waals surface area contributed by atoms with Crippen molar-refractivity contribution >= 4 is 17.8 Å². The highest BCUT2D eigenvalue weighted by atomic mass is 16.6. The van der Waals surface area contributed by atoms with E-state index in [0.29, 0.717) is 24.3 Å². The number of nitrogens with one attached hydrogen (secondary N) is 3. The summed E-state index contributed by atoms with van der Waals surface area (Å²) in [6.45, 7) is 6.12. The minimum Gasteiger partial charge on any atom is -0.444 e. The minimum atomic E-state index is -0.567. The van der Waals surface area contributed by atoms with E-state index in [0.717, 1.165) is 0 Å². The van der Waals surface area contributed by atoms with E-state index in [9.17, 15) is 9.59 Å². The summed E-state index contributed by atoms with van der Waals surface area (Å²) < 4.78 is 5.16. The molecule has 0 bridgehead atoms. The Morgan fingerprint density at radius 2 is 2.20 bits per heavy atom. The van der Waals surface area contributed by atoms with Crippen molar-refractivity contribution in [3.8, 4) is 6.07 Å². The number of hydrogen-bond acceptors (Lipinski definition) is 6. The molecule has 0 aromatic carbocycles. The summed E-state index contributed by atoms with van der Waals surface area (Å²) in [4.78, 5) is 27.8. The average Bonchev–Trinajstić information content (AvgIpc) is 2.90. The normalized spacial score (nSPS) is 19.7. The Labute approximate surface area is 147 Å². The Morgan fingerprint density at radius 3 is 2.80 bits per heavy atom. The highest BCUT2D eigenvalue weighted by Crippen LogP contribution is 2.16. The lowest BCUT2D eigenvalue weighted by atomic mass is 10.1. The fraction of sp³-hybridized carbons (Fsp3) is 0.529. The Kier molecular flexibility index (Phi) is 5.80. The van der Waals surface area contributed by atoms with Gasteiger partial charge in [0, 0.05) is 25.3 Å². The van der Waals surface area contributed by atoms with Gasteiger partial charge in [-0.2, -0.15) is 5.26 Å². The summed E-state index contributed by atoms with van der Waals surface area (Å²) in [5.41, 5.74) is -0.0734. The van der Waals surface area contributed by atoms with Gasteiger partial charge in [0.2, 0.25) is 5.91 Å². The maximum absolute atomic E-state index is 12.0. The van der Waals surface area contributed by atoms with Crippen LogP contribution in [0.25, 0.3) is 0 Å². The molecule has 1 saturated heterocycles. The van der Waals surface area contributed by atoms with Crippen LogP contribution in [0.2, 0.25) is 0 Å². The van der Waals surface area contributed by atoms with E-state index < -0.39 is 11.7 Å². The van der Waals surface area contributed by atoms with Crippen LogP contribution in [-0.4, -0.2) is 41.7 Å². The van der Waals surface area contributed by atoms with Crippen molar-refractivity contribution in [1.82, 2.24) is 15.6 Å². The van der Waals surface area contributed by atoms with Crippen molar-refractivity contribution < 1.29 is 14.3 Å². The van der Waals surface area contributed by atoms with Crippen LogP contribution in [0.15, 0.2) is 18.3 Å². The third-order valence-electron chi connectivity index (χ3n) is 3.60. The minimum absolute atomic E-state index is 0.0459. The molecule has 0 spiro atoms. The first-order valence-corrected chi connectivity index (χ1v) is 8.14. The molecule has 0 radical (unpaired) electrons. The van der Waals surface area contributed by atoms with Gasteiger partial charge in [-0.25, -0.2) is 9.78 Å². The van der Waals surface area contributed by atoms with Gasteiger partial charge in [-0.15, -0.1) is 0 Å². The fourth-order valence-corrected chi connectivity index (χ4v) is 2.45. The zero-order valence-corrected chi connectivity index (χ0v) is 14.6. The molecule has 134 valence electrons. The largest absolute Gasteiger partial charge is 0.444 e. The second-order valence-corrected chi connectivity index (χ2v) is 6.95. The SMILES string of the molecule is CC(C)(C)OC(=O)NC[C@H]1C[C@@H](CNc2ccc(C#N)cn2)NC1=O. The molecule has 1 aromatic rings. The van der Waals surface area contributed by atoms with Crippen LogP contribution in [-0.2, 0) is 9.53 Å². The number of carbonyl (C=O) groups excluding carboxylic acids is 2. The molecule has 2 rings (SSSR count). The van der Waals surface area contributed by atoms with Gasteiger partial charge in [0.05, 0.1) is 11.5 Å². The van der Waals surface area contributed by atoms with Gasteiger partial charge >= 0.3 is 6.09 Å². The van der Waals surface area contributed by atoms with E-state index in [2.05, 4.69) is 20.9 Å². The van der Waals surface area contributed by atoms with Crippen LogP contribution in [0, 0.1) is 17.2 Å². The molecule has 3 N–H and O–H groups in total. The molecule has 1 aliphatic heterocycles. The number of pyridine rings is 1. The molecule has 0 saturated carbocycles. The number of ether oxygens (including phenoxy) is 1. The predicted molar refractivity (Wildman–Crippen MR) is 91.7 cm³/mol. The van der Waals surface area contributed by atoms with Crippen molar-refractivity contribution in [2.24, 2.45) is 5.92 Å². The Balaban J connectivity index is 1.75. The number of nitriles is 1. The van der Waals surface area contributed by atoms with Crippen LogP contribution >= 0.6 is 0 Å². The maximum Gasteiger partial charge on any atom is 0.407 e. The van der Waals surface area contributed by atoms with Crippen molar-refractivity contribution in [2.75, 3.05) is 18.4 Å². The van der Waals surface area contributed by atoms with Crippen molar-refractivity contribution in [3.05, 3.63) is 23.9 Å². The quantitative estimate of drug-likeness (QED) is 0.743. The average molecular weight is 345 g/mol. The van der Waals surface area contributed by atoms with E-state index >= 15 is 0 Å². The molecule has 8 heteroatoms. The van der Waals surface area contributed by atoms with Gasteiger partial charge in [-0.05, 0) is 39.3 Å². The molecular formula is C17H23N5O3. The highest BCUT2D eigenvalue weighted by Gasteiger charge is 2.32. The van der Waals surface area contributed by atoms with E-state index in [4.69, 9.17) is 10.00 Å². The molecule has 1 fully saturated rings. The van der Waals surface area contributed by atoms with E-state index in [1.165, 1.54) is 6.20 Å². The molecule has 2 atom stereocenters. The number of anilines is 1. The summed E-state index contributed by atoms with van der Waals surface area (Å²) in [7, 11) is 0. The summed E-state index contributed by atoms with van der Waals surface area (Å²) in [6, 6.07) is 5.36. The van der Waals surface area contributed by atoms with Crippen LogP contribution in [0.3, 0.4) is 0 Å². The topological polar surface area (TPSA) is 116 Å². The lowest BCUT2D eigenvalue weighted by Crippen LogP contribution is -2.37. The Morgan fingerprint density at radius 1 is 1.44 bits per heavy atom. The monoisotopic (exact) mass is 345 g/mol. The molecular weight excluding hydrogens is 322 g/mol. The zero-order chi connectivity index (χ0) is 18.4. The molecule has 1 aromatic heterocycles. The lowest BCUT2D eigenvalue weighted by Gasteiger charge is -2.20. The molecule has 2 heterocycles. The second-order valence-electron chi connectivity index (χ2n) is 6.95. The van der Waals surface area contributed by atoms with Crippen molar-refractivity contribution in [2.45, 2.75) is 38.8 Å². The highest BCUT2D eigenvalue weighted by molar-refractivity contribution is 5.82. The van der Waals surface area contributed by atoms with Crippen LogP contribution < -0.4 is 16.0 Å². The third-order valence-corrected chi connectivity index (χ3v) is 3.60. The van der Waals surface area contributed by atoms with Crippen LogP contribution in [0.5, 0.6) is 0 Å². The second kappa shape index (κ2) is 7.83. The van der Waals surface area contributed by atoms with Gasteiger partial charge in [0.25, 0.3) is 0 Å². The predicted octanol–water partition coefficient (Wildman–Crippen LogP) is 1.39. The molecule has 8 nitrogen and oxygen atoms in total. The number of rotatable bonds is 5. The summed E-state index contributed by atoms with van der Waals surface area (Å²) in [5.74, 6) is 0.271. The number of nitrogens with zero attached hydrogens (tertiary/aromatic N) is 2. The van der Waals surface area contributed by atoms with E-state index in [1.807, 2.05) is 6.07 Å². The van der Waals surface area contributed by atoms with Crippen LogP contribution in [0.1, 0.15) is 32.8 Å². The Bertz CT molecular complexity index is 660. The number of aromatic nitrogens is 1. The molecule has 25 heavy (non-hydrogen) atoms. The van der Waals surface area contributed by atoms with Gasteiger partial charge in [0.15, 0.2) is 0 Å². The van der Waals surface area contributed by atoms with Gasteiger partial charge in [-0.1, -0.05) is 0 Å². The zero-order valence-electron chi connectivity index (χ0n) is 14.6. The van der Waals surface area contributed by atoms with Crippen molar-refractivity contribution in [3.63, 3.8) is 0 Å². The van der Waals surface area contributed by atoms with E-state index in [1.54, 1.807) is 32.9 Å². The molecule has 1 aliphatic rings. The van der Waals surface area contributed by atoms with Crippen molar-refractivity contribution in [1.29, 1.82) is 5.26 Å². The Hall–Kier alpha value is -2.82. The molecule has 0 unspecified atom stereocenters. The van der Waals surface area contributed by atoms with Gasteiger partial charge in [-0.3, -0.25) is 4.79 Å². The maximum atomic E-state index is 12.0. The summed E-state index contributed by atoms with van der Waals surface area (Å²) in [5, 5.41) is 17.4.